The maximum absolute atomic E-state index is 10.9. The minimum absolute atomic E-state index is 0.0198. The Bertz CT molecular complexity index is 242. The molecule has 0 aliphatic carbocycles. The fourth-order valence-corrected chi connectivity index (χ4v) is 1.62. The van der Waals surface area contributed by atoms with E-state index in [0.29, 0.717) is 0 Å². The molecule has 1 aliphatic heterocycles. The van der Waals surface area contributed by atoms with E-state index in [0.717, 1.165) is 0 Å². The van der Waals surface area contributed by atoms with E-state index in [1.165, 1.54) is 0 Å². The number of hydrogen-bond donors (Lipinski definition) is 5. The first-order chi connectivity index (χ1) is 7.56. The Morgan fingerprint density at radius 1 is 1.38 bits per heavy atom. The lowest BCUT2D eigenvalue weighted by Gasteiger charge is -2.40. The van der Waals surface area contributed by atoms with Crippen molar-refractivity contribution >= 4 is 5.91 Å². The number of carbonyl (C=O) groups excluding carboxylic acids is 1. The highest BCUT2D eigenvalue weighted by atomic mass is 16.5. The Balaban J connectivity index is 2.54. The van der Waals surface area contributed by atoms with E-state index in [-0.39, 0.29) is 13.0 Å². The predicted molar refractivity (Wildman–Crippen MR) is 52.5 cm³/mol. The van der Waals surface area contributed by atoms with Crippen molar-refractivity contribution in [3.05, 3.63) is 0 Å². The first-order valence-electron chi connectivity index (χ1n) is 5.01. The number of aliphatic hydroxyl groups is 4. The second-order valence-electron chi connectivity index (χ2n) is 3.91. The average molecular weight is 235 g/mol. The van der Waals surface area contributed by atoms with Crippen molar-refractivity contribution < 1.29 is 30.0 Å². The average Bonchev–Trinajstić information content (AvgIpc) is 2.31. The second-order valence-corrected chi connectivity index (χ2v) is 3.91. The van der Waals surface area contributed by atoms with Crippen LogP contribution in [0.3, 0.4) is 0 Å². The lowest BCUT2D eigenvalue weighted by molar-refractivity contribution is -0.173. The van der Waals surface area contributed by atoms with Crippen LogP contribution in [-0.4, -0.2) is 70.5 Å². The second kappa shape index (κ2) is 5.55. The van der Waals surface area contributed by atoms with Crippen LogP contribution in [0.25, 0.3) is 0 Å². The van der Waals surface area contributed by atoms with Gasteiger partial charge in [0.2, 0.25) is 5.91 Å². The number of amides is 1. The summed E-state index contributed by atoms with van der Waals surface area (Å²) in [5.74, 6) is -0.604. The molecule has 0 saturated carbocycles. The lowest BCUT2D eigenvalue weighted by Crippen LogP contribution is -2.58. The van der Waals surface area contributed by atoms with Crippen molar-refractivity contribution in [1.29, 1.82) is 0 Å². The quantitative estimate of drug-likeness (QED) is 0.353. The van der Waals surface area contributed by atoms with Gasteiger partial charge in [-0.25, -0.2) is 0 Å². The Labute approximate surface area is 92.7 Å². The van der Waals surface area contributed by atoms with Crippen molar-refractivity contribution in [2.45, 2.75) is 24.2 Å². The smallest absolute Gasteiger partial charge is 0.246 e. The van der Waals surface area contributed by atoms with Gasteiger partial charge in [-0.3, -0.25) is 4.79 Å². The third-order valence-electron chi connectivity index (χ3n) is 2.68. The summed E-state index contributed by atoms with van der Waals surface area (Å²) in [6, 6.07) is -0.633. The number of aliphatic hydroxyl groups excluding tert-OH is 4. The summed E-state index contributed by atoms with van der Waals surface area (Å²) in [6.07, 6.45) is -0.903. The van der Waals surface area contributed by atoms with E-state index in [9.17, 15) is 9.90 Å². The highest BCUT2D eigenvalue weighted by molar-refractivity contribution is 5.77. The zero-order valence-corrected chi connectivity index (χ0v) is 8.80. The molecule has 0 radical (unpaired) electrons. The van der Waals surface area contributed by atoms with Gasteiger partial charge < -0.3 is 30.5 Å². The van der Waals surface area contributed by atoms with Gasteiger partial charge >= 0.3 is 0 Å². The lowest BCUT2D eigenvalue weighted by atomic mass is 9.91. The van der Waals surface area contributed by atoms with Crippen molar-refractivity contribution in [2.24, 2.45) is 0 Å². The van der Waals surface area contributed by atoms with Crippen LogP contribution in [0.15, 0.2) is 0 Å². The molecule has 0 bridgehead atoms. The number of rotatable bonds is 4. The topological polar surface area (TPSA) is 119 Å². The van der Waals surface area contributed by atoms with E-state index in [1.807, 2.05) is 0 Å². The zero-order chi connectivity index (χ0) is 12.2. The van der Waals surface area contributed by atoms with Crippen molar-refractivity contribution in [1.82, 2.24) is 5.32 Å². The van der Waals surface area contributed by atoms with Gasteiger partial charge in [0, 0.05) is 6.42 Å². The van der Waals surface area contributed by atoms with Gasteiger partial charge in [-0.05, 0) is 0 Å². The molecule has 94 valence electrons. The predicted octanol–water partition coefficient (Wildman–Crippen LogP) is -3.03. The normalized spacial score (nSPS) is 28.8. The van der Waals surface area contributed by atoms with E-state index in [1.54, 1.807) is 0 Å². The van der Waals surface area contributed by atoms with Crippen LogP contribution < -0.4 is 5.32 Å². The van der Waals surface area contributed by atoms with Crippen LogP contribution >= 0.6 is 0 Å². The molecule has 2 unspecified atom stereocenters. The van der Waals surface area contributed by atoms with Crippen LogP contribution in [0, 0.1) is 0 Å². The van der Waals surface area contributed by atoms with Gasteiger partial charge in [0.15, 0.2) is 0 Å². The molecule has 1 heterocycles. The molecular weight excluding hydrogens is 218 g/mol. The summed E-state index contributed by atoms with van der Waals surface area (Å²) in [4.78, 5) is 10.9. The zero-order valence-electron chi connectivity index (χ0n) is 8.80. The molecule has 7 nitrogen and oxygen atoms in total. The van der Waals surface area contributed by atoms with Gasteiger partial charge in [0.05, 0.1) is 32.0 Å². The fourth-order valence-electron chi connectivity index (χ4n) is 1.62. The molecule has 0 spiro atoms. The Morgan fingerprint density at radius 3 is 2.44 bits per heavy atom. The number of hydrogen-bond acceptors (Lipinski definition) is 6. The molecule has 0 aromatic carbocycles. The Kier molecular flexibility index (Phi) is 4.63. The van der Waals surface area contributed by atoms with Gasteiger partial charge in [0.25, 0.3) is 0 Å². The fraction of sp³-hybridized carbons (Fsp3) is 0.889. The largest absolute Gasteiger partial charge is 0.393 e. The van der Waals surface area contributed by atoms with E-state index in [2.05, 4.69) is 5.32 Å². The molecule has 1 rings (SSSR count). The van der Waals surface area contributed by atoms with E-state index < -0.39 is 43.5 Å². The molecular formula is C9H17NO6. The minimum Gasteiger partial charge on any atom is -0.393 e. The number of nitrogens with one attached hydrogen (secondary N) is 1. The summed E-state index contributed by atoms with van der Waals surface area (Å²) in [5.41, 5.74) is -1.15. The van der Waals surface area contributed by atoms with Crippen molar-refractivity contribution in [2.75, 3.05) is 26.4 Å². The Hall–Kier alpha value is -0.730. The molecule has 1 saturated heterocycles. The van der Waals surface area contributed by atoms with Gasteiger partial charge in [-0.15, -0.1) is 0 Å². The third kappa shape index (κ3) is 2.89. The summed E-state index contributed by atoms with van der Waals surface area (Å²) in [7, 11) is 0. The van der Waals surface area contributed by atoms with Crippen LogP contribution in [0.5, 0.6) is 0 Å². The summed E-state index contributed by atoms with van der Waals surface area (Å²) in [5, 5.41) is 38.7. The molecule has 0 aromatic rings. The van der Waals surface area contributed by atoms with Crippen LogP contribution in [0.1, 0.15) is 6.42 Å². The van der Waals surface area contributed by atoms with Gasteiger partial charge in [0.1, 0.15) is 12.2 Å². The highest BCUT2D eigenvalue weighted by Crippen LogP contribution is 2.24. The molecule has 5 N–H and O–H groups in total. The van der Waals surface area contributed by atoms with Gasteiger partial charge in [-0.2, -0.15) is 0 Å². The Morgan fingerprint density at radius 2 is 2.00 bits per heavy atom. The maximum Gasteiger partial charge on any atom is 0.246 e. The van der Waals surface area contributed by atoms with Crippen molar-refractivity contribution in [3.63, 3.8) is 0 Å². The van der Waals surface area contributed by atoms with Crippen LogP contribution in [0.2, 0.25) is 0 Å². The molecule has 16 heavy (non-hydrogen) atoms. The number of carbonyl (C=O) groups is 1. The number of ether oxygens (including phenoxy) is 1. The molecule has 1 aliphatic rings. The minimum atomic E-state index is -1.15. The van der Waals surface area contributed by atoms with E-state index in [4.69, 9.17) is 20.1 Å². The maximum atomic E-state index is 10.9. The van der Waals surface area contributed by atoms with Crippen molar-refractivity contribution in [3.8, 4) is 0 Å². The third-order valence-corrected chi connectivity index (χ3v) is 2.68. The standard InChI is InChI=1S/C9H17NO6/c11-2-8(15)10-6-3-16-9(4-12,5-13)1-7(6)14/h6-7,11-14H,1-5H2,(H,10,15). The molecule has 2 atom stereocenters. The highest BCUT2D eigenvalue weighted by Gasteiger charge is 2.41. The SMILES string of the molecule is O=C(CO)NC1COC(CO)(CO)CC1O. The van der Waals surface area contributed by atoms with Crippen LogP contribution in [0.4, 0.5) is 0 Å². The van der Waals surface area contributed by atoms with E-state index >= 15 is 0 Å². The molecule has 1 amide bonds. The molecule has 0 aromatic heterocycles. The molecule has 1 fully saturated rings. The first-order valence-corrected chi connectivity index (χ1v) is 5.01. The molecule has 7 heteroatoms. The summed E-state index contributed by atoms with van der Waals surface area (Å²) in [6.45, 7) is -1.48. The monoisotopic (exact) mass is 235 g/mol. The van der Waals surface area contributed by atoms with Crippen LogP contribution in [-0.2, 0) is 9.53 Å². The van der Waals surface area contributed by atoms with Gasteiger partial charge in [-0.1, -0.05) is 0 Å². The summed E-state index contributed by atoms with van der Waals surface area (Å²) >= 11 is 0. The summed E-state index contributed by atoms with van der Waals surface area (Å²) < 4.78 is 5.24. The first kappa shape index (κ1) is 13.3.